The van der Waals surface area contributed by atoms with Crippen molar-refractivity contribution in [3.8, 4) is 5.75 Å². The summed E-state index contributed by atoms with van der Waals surface area (Å²) in [5, 5.41) is 0. The van der Waals surface area contributed by atoms with Crippen molar-refractivity contribution in [3.63, 3.8) is 0 Å². The Balaban J connectivity index is 0.00000169. The van der Waals surface area contributed by atoms with Gasteiger partial charge in [0.2, 0.25) is 0 Å². The Bertz CT molecular complexity index is 298. The number of nitrogens with two attached hydrogens (primary N) is 1. The molecular formula is C11H20N2O. The van der Waals surface area contributed by atoms with Crippen LogP contribution in [-0.4, -0.2) is 7.11 Å². The summed E-state index contributed by atoms with van der Waals surface area (Å²) in [5.74, 6) is 0.900. The van der Waals surface area contributed by atoms with Crippen molar-refractivity contribution < 1.29 is 4.74 Å². The summed E-state index contributed by atoms with van der Waals surface area (Å²) in [6.45, 7) is 4.20. The fraction of sp³-hybridized carbons (Fsp3) is 0.455. The number of nitrogen functional groups attached to an aromatic ring is 1. The molecule has 1 rings (SSSR count). The number of aryl methyl sites for hydroxylation is 1. The number of methoxy groups -OCH3 is 1. The molecule has 3 nitrogen and oxygen atoms in total. The first-order chi connectivity index (χ1) is 6.24. The van der Waals surface area contributed by atoms with E-state index in [0.717, 1.165) is 29.8 Å². The molecule has 0 spiro atoms. The van der Waals surface area contributed by atoms with Gasteiger partial charge in [0.25, 0.3) is 0 Å². The lowest BCUT2D eigenvalue weighted by Gasteiger charge is -2.12. The summed E-state index contributed by atoms with van der Waals surface area (Å²) in [5.41, 5.74) is 9.23. The van der Waals surface area contributed by atoms with Crippen LogP contribution in [0.4, 0.5) is 5.69 Å². The molecule has 1 aromatic carbocycles. The number of anilines is 1. The predicted octanol–water partition coefficient (Wildman–Crippen LogP) is 2.56. The lowest BCUT2D eigenvalue weighted by atomic mass is 10.0. The molecule has 0 heterocycles. The third-order valence-corrected chi connectivity index (χ3v) is 2.36. The second kappa shape index (κ2) is 5.50. The lowest BCUT2D eigenvalue weighted by Crippen LogP contribution is -2.01. The van der Waals surface area contributed by atoms with Crippen LogP contribution >= 0.6 is 0 Å². The Morgan fingerprint density at radius 1 is 1.21 bits per heavy atom. The highest BCUT2D eigenvalue weighted by molar-refractivity contribution is 5.59. The van der Waals surface area contributed by atoms with Gasteiger partial charge >= 0.3 is 0 Å². The van der Waals surface area contributed by atoms with Gasteiger partial charge in [0, 0.05) is 11.3 Å². The molecule has 0 aliphatic heterocycles. The Labute approximate surface area is 85.8 Å². The number of rotatable bonds is 3. The molecule has 14 heavy (non-hydrogen) atoms. The van der Waals surface area contributed by atoms with Crippen molar-refractivity contribution in [1.82, 2.24) is 6.15 Å². The Morgan fingerprint density at radius 3 is 2.29 bits per heavy atom. The van der Waals surface area contributed by atoms with Crippen LogP contribution in [0.25, 0.3) is 0 Å². The summed E-state index contributed by atoms with van der Waals surface area (Å²) >= 11 is 0. The minimum Gasteiger partial charge on any atom is -0.496 e. The maximum atomic E-state index is 6.00. The van der Waals surface area contributed by atoms with Crippen LogP contribution in [-0.2, 0) is 12.8 Å². The molecule has 80 valence electrons. The van der Waals surface area contributed by atoms with E-state index in [4.69, 9.17) is 10.5 Å². The maximum Gasteiger partial charge on any atom is 0.124 e. The molecule has 0 amide bonds. The zero-order chi connectivity index (χ0) is 9.84. The van der Waals surface area contributed by atoms with Crippen molar-refractivity contribution in [2.75, 3.05) is 12.8 Å². The fourth-order valence-electron chi connectivity index (χ4n) is 1.56. The van der Waals surface area contributed by atoms with Gasteiger partial charge in [-0.2, -0.15) is 0 Å². The van der Waals surface area contributed by atoms with Crippen LogP contribution in [0.3, 0.4) is 0 Å². The van der Waals surface area contributed by atoms with Crippen LogP contribution in [0.1, 0.15) is 25.0 Å². The van der Waals surface area contributed by atoms with Gasteiger partial charge in [0.1, 0.15) is 5.75 Å². The van der Waals surface area contributed by atoms with Crippen molar-refractivity contribution in [1.29, 1.82) is 0 Å². The van der Waals surface area contributed by atoms with Gasteiger partial charge in [-0.25, -0.2) is 0 Å². The average Bonchev–Trinajstić information content (AvgIpc) is 2.17. The van der Waals surface area contributed by atoms with Crippen molar-refractivity contribution in [2.45, 2.75) is 26.7 Å². The predicted molar refractivity (Wildman–Crippen MR) is 61.2 cm³/mol. The molecule has 0 bridgehead atoms. The van der Waals surface area contributed by atoms with E-state index in [2.05, 4.69) is 13.8 Å². The highest BCUT2D eigenvalue weighted by Gasteiger charge is 2.07. The molecule has 0 aromatic heterocycles. The largest absolute Gasteiger partial charge is 0.496 e. The van der Waals surface area contributed by atoms with Crippen LogP contribution in [0.15, 0.2) is 12.1 Å². The Morgan fingerprint density at radius 2 is 1.86 bits per heavy atom. The van der Waals surface area contributed by atoms with Crippen molar-refractivity contribution >= 4 is 5.69 Å². The third kappa shape index (κ3) is 2.17. The van der Waals surface area contributed by atoms with E-state index in [0.29, 0.717) is 0 Å². The third-order valence-electron chi connectivity index (χ3n) is 2.36. The minimum atomic E-state index is 0. The first-order valence-electron chi connectivity index (χ1n) is 4.68. The van der Waals surface area contributed by atoms with E-state index in [1.165, 1.54) is 5.56 Å². The zero-order valence-electron chi connectivity index (χ0n) is 9.26. The number of benzene rings is 1. The van der Waals surface area contributed by atoms with Crippen LogP contribution in [0.5, 0.6) is 5.75 Å². The van der Waals surface area contributed by atoms with Crippen molar-refractivity contribution in [2.24, 2.45) is 0 Å². The molecule has 0 atom stereocenters. The SMILES string of the molecule is CCc1ccc(OC)c(CC)c1N.N. The van der Waals surface area contributed by atoms with Gasteiger partial charge in [-0.05, 0) is 24.5 Å². The van der Waals surface area contributed by atoms with Gasteiger partial charge in [-0.15, -0.1) is 0 Å². The monoisotopic (exact) mass is 196 g/mol. The molecular weight excluding hydrogens is 176 g/mol. The smallest absolute Gasteiger partial charge is 0.124 e. The first-order valence-corrected chi connectivity index (χ1v) is 4.68. The zero-order valence-corrected chi connectivity index (χ0v) is 9.26. The van der Waals surface area contributed by atoms with Gasteiger partial charge in [0.15, 0.2) is 0 Å². The van der Waals surface area contributed by atoms with E-state index < -0.39 is 0 Å². The number of hydrogen-bond donors (Lipinski definition) is 2. The molecule has 0 unspecified atom stereocenters. The molecule has 5 N–H and O–H groups in total. The summed E-state index contributed by atoms with van der Waals surface area (Å²) in [4.78, 5) is 0. The summed E-state index contributed by atoms with van der Waals surface area (Å²) in [6, 6.07) is 4.03. The van der Waals surface area contributed by atoms with E-state index >= 15 is 0 Å². The molecule has 0 aliphatic carbocycles. The van der Waals surface area contributed by atoms with E-state index in [-0.39, 0.29) is 6.15 Å². The van der Waals surface area contributed by atoms with E-state index in [9.17, 15) is 0 Å². The summed E-state index contributed by atoms with van der Waals surface area (Å²) in [6.07, 6.45) is 1.89. The number of hydrogen-bond acceptors (Lipinski definition) is 3. The molecule has 0 radical (unpaired) electrons. The topological polar surface area (TPSA) is 70.2 Å². The lowest BCUT2D eigenvalue weighted by molar-refractivity contribution is 0.410. The molecule has 1 aromatic rings. The summed E-state index contributed by atoms with van der Waals surface area (Å²) < 4.78 is 5.24. The van der Waals surface area contributed by atoms with Crippen LogP contribution in [0, 0.1) is 0 Å². The molecule has 0 saturated carbocycles. The first kappa shape index (κ1) is 12.8. The highest BCUT2D eigenvalue weighted by atomic mass is 16.5. The maximum absolute atomic E-state index is 6.00. The molecule has 0 fully saturated rings. The quantitative estimate of drug-likeness (QED) is 0.730. The van der Waals surface area contributed by atoms with Crippen LogP contribution < -0.4 is 16.6 Å². The highest BCUT2D eigenvalue weighted by Crippen LogP contribution is 2.28. The second-order valence-corrected chi connectivity index (χ2v) is 3.03. The number of ether oxygens (including phenoxy) is 1. The molecule has 0 aliphatic rings. The van der Waals surface area contributed by atoms with Crippen molar-refractivity contribution in [3.05, 3.63) is 23.3 Å². The normalized spacial score (nSPS) is 9.36. The Kier molecular flexibility index (Phi) is 5.02. The van der Waals surface area contributed by atoms with Crippen LogP contribution in [0.2, 0.25) is 0 Å². The molecule has 0 saturated heterocycles. The average molecular weight is 196 g/mol. The van der Waals surface area contributed by atoms with E-state index in [1.54, 1.807) is 7.11 Å². The minimum absolute atomic E-state index is 0. The summed E-state index contributed by atoms with van der Waals surface area (Å²) in [7, 11) is 1.68. The van der Waals surface area contributed by atoms with E-state index in [1.807, 2.05) is 12.1 Å². The second-order valence-electron chi connectivity index (χ2n) is 3.03. The van der Waals surface area contributed by atoms with Gasteiger partial charge in [0.05, 0.1) is 7.11 Å². The Hall–Kier alpha value is -1.22. The van der Waals surface area contributed by atoms with Gasteiger partial charge in [-0.3, -0.25) is 0 Å². The fourth-order valence-corrected chi connectivity index (χ4v) is 1.56. The van der Waals surface area contributed by atoms with Gasteiger partial charge in [-0.1, -0.05) is 19.9 Å². The van der Waals surface area contributed by atoms with Gasteiger partial charge < -0.3 is 16.6 Å². The molecule has 3 heteroatoms. The standard InChI is InChI=1S/C11H17NO.H3N/c1-4-8-6-7-10(13-3)9(5-2)11(8)12;/h6-7H,4-5,12H2,1-3H3;1H3.